The molecule has 0 atom stereocenters. The van der Waals surface area contributed by atoms with Crippen LogP contribution in [0.4, 0.5) is 20.6 Å². The molecule has 2 heterocycles. The van der Waals surface area contributed by atoms with Gasteiger partial charge < -0.3 is 23.7 Å². The summed E-state index contributed by atoms with van der Waals surface area (Å²) in [7, 11) is -0.501. The highest BCUT2D eigenvalue weighted by atomic mass is 28.4. The quantitative estimate of drug-likeness (QED) is 0.235. The molecule has 0 saturated carbocycles. The number of benzene rings is 2. The van der Waals surface area contributed by atoms with Crippen molar-refractivity contribution < 1.29 is 23.1 Å². The lowest BCUT2D eigenvalue weighted by atomic mass is 10.0. The summed E-state index contributed by atoms with van der Waals surface area (Å²) in [4.78, 5) is 34.6. The number of carbonyl (C=O) groups is 1. The van der Waals surface area contributed by atoms with Gasteiger partial charge in [-0.05, 0) is 88.5 Å². The minimum absolute atomic E-state index is 0.0262. The molecule has 45 heavy (non-hydrogen) atoms. The number of carbonyl (C=O) groups excluding carboxylic acids is 1. The van der Waals surface area contributed by atoms with Crippen LogP contribution < -0.4 is 15.2 Å². The van der Waals surface area contributed by atoms with Gasteiger partial charge in [-0.25, -0.2) is 14.2 Å². The molecule has 1 fully saturated rings. The van der Waals surface area contributed by atoms with Crippen LogP contribution in [0.2, 0.25) is 18.1 Å². The van der Waals surface area contributed by atoms with E-state index in [1.165, 1.54) is 0 Å². The average molecular weight is 641 g/mol. The highest BCUT2D eigenvalue weighted by Gasteiger charge is 2.37. The number of halogens is 1. The number of fused-ring (bicyclic) bond motifs is 1. The van der Waals surface area contributed by atoms with E-state index in [9.17, 15) is 9.59 Å². The Balaban J connectivity index is 1.67. The van der Waals surface area contributed by atoms with E-state index >= 15 is 4.39 Å². The highest BCUT2D eigenvalue weighted by molar-refractivity contribution is 6.74. The summed E-state index contributed by atoms with van der Waals surface area (Å²) in [5, 5.41) is 0.471. The second-order valence-corrected chi connectivity index (χ2v) is 19.2. The van der Waals surface area contributed by atoms with E-state index in [4.69, 9.17) is 13.9 Å². The van der Waals surface area contributed by atoms with Crippen molar-refractivity contribution in [1.82, 2.24) is 14.5 Å². The van der Waals surface area contributed by atoms with E-state index in [0.717, 1.165) is 0 Å². The molecule has 0 bridgehead atoms. The molecule has 1 aromatic heterocycles. The molecule has 11 heteroatoms. The van der Waals surface area contributed by atoms with Crippen molar-refractivity contribution in [3.8, 4) is 5.75 Å². The van der Waals surface area contributed by atoms with Crippen molar-refractivity contribution in [1.29, 1.82) is 0 Å². The van der Waals surface area contributed by atoms with Crippen LogP contribution in [0, 0.1) is 12.7 Å². The van der Waals surface area contributed by atoms with Gasteiger partial charge in [0.1, 0.15) is 17.2 Å². The maximum absolute atomic E-state index is 15.7. The number of anilines is 2. The maximum atomic E-state index is 15.7. The summed E-state index contributed by atoms with van der Waals surface area (Å²) in [6.45, 7) is 19.9. The molecule has 0 aliphatic carbocycles. The minimum Gasteiger partial charge on any atom is -0.497 e. The first kappa shape index (κ1) is 34.4. The molecule has 0 N–H and O–H groups in total. The smallest absolute Gasteiger partial charge is 0.410 e. The highest BCUT2D eigenvalue weighted by Crippen LogP contribution is 2.38. The Morgan fingerprint density at radius 3 is 2.36 bits per heavy atom. The lowest BCUT2D eigenvalue weighted by Gasteiger charge is -2.37. The number of rotatable bonds is 8. The normalized spacial score (nSPS) is 15.0. The van der Waals surface area contributed by atoms with Gasteiger partial charge in [0.2, 0.25) is 0 Å². The molecule has 1 aliphatic rings. The van der Waals surface area contributed by atoms with Crippen LogP contribution in [-0.4, -0.2) is 67.8 Å². The van der Waals surface area contributed by atoms with Crippen LogP contribution in [0.1, 0.15) is 66.0 Å². The molecule has 0 spiro atoms. The molecule has 246 valence electrons. The summed E-state index contributed by atoms with van der Waals surface area (Å²) < 4.78 is 34.9. The number of nitrogens with zero attached hydrogens (tertiary/aromatic N) is 4. The van der Waals surface area contributed by atoms with E-state index < -0.39 is 13.9 Å². The second-order valence-electron chi connectivity index (χ2n) is 14.4. The summed E-state index contributed by atoms with van der Waals surface area (Å²) in [5.41, 5.74) is 1.29. The van der Waals surface area contributed by atoms with Gasteiger partial charge in [0, 0.05) is 37.4 Å². The first-order valence-electron chi connectivity index (χ1n) is 15.7. The number of aryl methyl sites for hydroxylation is 1. The molecule has 2 aromatic carbocycles. The lowest BCUT2D eigenvalue weighted by Crippen LogP contribution is -2.43. The molecule has 3 aromatic rings. The van der Waals surface area contributed by atoms with Gasteiger partial charge >= 0.3 is 6.09 Å². The monoisotopic (exact) mass is 640 g/mol. The fourth-order valence-electron chi connectivity index (χ4n) is 5.23. The third-order valence-electron chi connectivity index (χ3n) is 8.91. The molecule has 0 radical (unpaired) electrons. The van der Waals surface area contributed by atoms with Crippen molar-refractivity contribution in [3.05, 3.63) is 58.4 Å². The van der Waals surface area contributed by atoms with Gasteiger partial charge in [-0.1, -0.05) is 20.8 Å². The third kappa shape index (κ3) is 7.86. The molecular formula is C34H49FN4O5Si. The Morgan fingerprint density at radius 1 is 1.09 bits per heavy atom. The Bertz CT molecular complexity index is 1590. The Labute approximate surface area is 267 Å². The number of hydrogen-bond donors (Lipinski definition) is 0. The fourth-order valence-corrected chi connectivity index (χ4v) is 6.27. The Kier molecular flexibility index (Phi) is 10.0. The number of amides is 1. The predicted octanol–water partition coefficient (Wildman–Crippen LogP) is 7.58. The summed E-state index contributed by atoms with van der Waals surface area (Å²) in [6, 6.07) is 8.69. The first-order valence-corrected chi connectivity index (χ1v) is 18.6. The number of likely N-dealkylation sites (tertiary alicyclic amines) is 1. The number of methoxy groups -OCH3 is 1. The average Bonchev–Trinajstić information content (AvgIpc) is 2.96. The van der Waals surface area contributed by atoms with Crippen molar-refractivity contribution in [2.75, 3.05) is 38.3 Å². The van der Waals surface area contributed by atoms with Crippen molar-refractivity contribution in [2.24, 2.45) is 0 Å². The van der Waals surface area contributed by atoms with Crippen molar-refractivity contribution in [2.45, 2.75) is 91.1 Å². The zero-order valence-corrected chi connectivity index (χ0v) is 29.5. The van der Waals surface area contributed by atoms with Gasteiger partial charge in [-0.3, -0.25) is 9.36 Å². The van der Waals surface area contributed by atoms with E-state index in [1.807, 2.05) is 31.7 Å². The molecule has 1 aliphatic heterocycles. The third-order valence-corrected chi connectivity index (χ3v) is 13.4. The molecule has 0 unspecified atom stereocenters. The van der Waals surface area contributed by atoms with Crippen molar-refractivity contribution >= 4 is 36.7 Å². The van der Waals surface area contributed by atoms with Crippen LogP contribution in [0.3, 0.4) is 0 Å². The molecule has 1 saturated heterocycles. The summed E-state index contributed by atoms with van der Waals surface area (Å²) in [5.74, 6) is 0.185. The van der Waals surface area contributed by atoms with Gasteiger partial charge in [0.25, 0.3) is 5.56 Å². The van der Waals surface area contributed by atoms with Gasteiger partial charge in [-0.15, -0.1) is 0 Å². The predicted molar refractivity (Wildman–Crippen MR) is 180 cm³/mol. The Hall–Kier alpha value is -3.44. The summed E-state index contributed by atoms with van der Waals surface area (Å²) >= 11 is 0. The Morgan fingerprint density at radius 2 is 1.76 bits per heavy atom. The largest absolute Gasteiger partial charge is 0.497 e. The molecule has 4 rings (SSSR count). The van der Waals surface area contributed by atoms with E-state index in [1.54, 1.807) is 54.1 Å². The van der Waals surface area contributed by atoms with Crippen LogP contribution in [0.25, 0.3) is 10.9 Å². The second kappa shape index (κ2) is 13.1. The lowest BCUT2D eigenvalue weighted by molar-refractivity contribution is 0.0187. The first-order chi connectivity index (χ1) is 20.9. The van der Waals surface area contributed by atoms with Crippen molar-refractivity contribution in [3.63, 3.8) is 0 Å². The topological polar surface area (TPSA) is 86.1 Å². The number of piperidine rings is 1. The molecule has 9 nitrogen and oxygen atoms in total. The zero-order valence-electron chi connectivity index (χ0n) is 28.5. The number of aromatic nitrogens is 2. The SMILES string of the molecule is COc1cc(C)c(F)c(N(CCO[Si](C)(C)C(C)(C)C)c2ccc3ncn(C4CCN(C(=O)OC(C)(C)C)CC4)c(=O)c3c2)c1. The number of ether oxygens (including phenoxy) is 2. The summed E-state index contributed by atoms with van der Waals surface area (Å²) in [6.07, 6.45) is 2.47. The van der Waals surface area contributed by atoms with Crippen LogP contribution in [-0.2, 0) is 9.16 Å². The number of hydrogen-bond acceptors (Lipinski definition) is 7. The van der Waals surface area contributed by atoms with Gasteiger partial charge in [0.15, 0.2) is 8.32 Å². The fraction of sp³-hybridized carbons (Fsp3) is 0.559. The van der Waals surface area contributed by atoms with E-state index in [0.29, 0.717) is 72.7 Å². The molecule has 1 amide bonds. The van der Waals surface area contributed by atoms with Gasteiger partial charge in [0.05, 0.1) is 36.6 Å². The zero-order chi connectivity index (χ0) is 33.3. The van der Waals surface area contributed by atoms with Crippen LogP contribution in [0.5, 0.6) is 5.75 Å². The molecular weight excluding hydrogens is 591 g/mol. The minimum atomic E-state index is -2.06. The van der Waals surface area contributed by atoms with Crippen LogP contribution >= 0.6 is 0 Å². The van der Waals surface area contributed by atoms with E-state index in [2.05, 4.69) is 38.8 Å². The van der Waals surface area contributed by atoms with E-state index in [-0.39, 0.29) is 28.5 Å². The van der Waals surface area contributed by atoms with Gasteiger partial charge in [-0.2, -0.15) is 0 Å². The standard InChI is InChI=1S/C34H49FN4O5Si/c1-23-19-26(42-8)21-29(30(23)35)38(17-18-43-45(9,10)34(5,6)7)25-11-12-28-27(20-25)31(40)39(22-36-28)24-13-15-37(16-14-24)32(41)44-33(2,3)4/h11-12,19-22,24H,13-18H2,1-10H3. The maximum Gasteiger partial charge on any atom is 0.410 e. The van der Waals surface area contributed by atoms with Crippen LogP contribution in [0.15, 0.2) is 41.5 Å².